The van der Waals surface area contributed by atoms with Crippen LogP contribution in [0, 0.1) is 0 Å². The Hall–Kier alpha value is -1.11. The molecule has 19 heavy (non-hydrogen) atoms. The third-order valence-electron chi connectivity index (χ3n) is 3.08. The van der Waals surface area contributed by atoms with Gasteiger partial charge in [-0.3, -0.25) is 4.72 Å². The van der Waals surface area contributed by atoms with E-state index in [1.807, 2.05) is 6.92 Å². The van der Waals surface area contributed by atoms with Crippen LogP contribution in [0.3, 0.4) is 0 Å². The van der Waals surface area contributed by atoms with Gasteiger partial charge >= 0.3 is 0 Å². The van der Waals surface area contributed by atoms with Gasteiger partial charge in [-0.15, -0.1) is 0 Å². The molecule has 0 amide bonds. The number of rotatable bonds is 6. The summed E-state index contributed by atoms with van der Waals surface area (Å²) >= 11 is 0. The molecule has 6 heteroatoms. The summed E-state index contributed by atoms with van der Waals surface area (Å²) in [7, 11) is -3.30. The fourth-order valence-corrected chi connectivity index (χ4v) is 2.56. The number of sulfonamides is 1. The quantitative estimate of drug-likeness (QED) is 0.734. The molecule has 2 atom stereocenters. The molecule has 2 rings (SSSR count). The summed E-state index contributed by atoms with van der Waals surface area (Å²) in [6, 6.07) is 7.31. The van der Waals surface area contributed by atoms with Crippen LogP contribution in [0.25, 0.3) is 0 Å². The molecule has 0 bridgehead atoms. The molecule has 0 saturated heterocycles. The summed E-state index contributed by atoms with van der Waals surface area (Å²) < 4.78 is 24.8. The van der Waals surface area contributed by atoms with Gasteiger partial charge in [-0.2, -0.15) is 0 Å². The minimum Gasteiger partial charge on any atom is -0.387 e. The Labute approximate surface area is 114 Å². The number of nitrogens with one attached hydrogen (secondary N) is 2. The largest absolute Gasteiger partial charge is 0.387 e. The Bertz CT molecular complexity index is 541. The maximum atomic E-state index is 11.2. The molecule has 1 fully saturated rings. The van der Waals surface area contributed by atoms with Gasteiger partial charge in [0.1, 0.15) is 0 Å². The molecule has 0 heterocycles. The van der Waals surface area contributed by atoms with Gasteiger partial charge in [-0.1, -0.05) is 12.1 Å². The third-order valence-corrected chi connectivity index (χ3v) is 3.69. The molecule has 106 valence electrons. The molecule has 0 aromatic heterocycles. The van der Waals surface area contributed by atoms with E-state index in [2.05, 4.69) is 10.0 Å². The van der Waals surface area contributed by atoms with Crippen LogP contribution in [0.4, 0.5) is 5.69 Å². The molecule has 1 aromatic carbocycles. The monoisotopic (exact) mass is 284 g/mol. The Morgan fingerprint density at radius 2 is 2.05 bits per heavy atom. The van der Waals surface area contributed by atoms with Crippen molar-refractivity contribution < 1.29 is 13.5 Å². The van der Waals surface area contributed by atoms with Crippen molar-refractivity contribution >= 4 is 15.7 Å². The Balaban J connectivity index is 2.08. The SMILES string of the molecule is C[C@@H](NC1CC1)[C@@H](O)c1cccc(NS(C)(=O)=O)c1. The van der Waals surface area contributed by atoms with Gasteiger partial charge in [0, 0.05) is 17.8 Å². The average Bonchev–Trinajstić information content (AvgIpc) is 3.10. The molecule has 0 radical (unpaired) electrons. The molecule has 1 saturated carbocycles. The van der Waals surface area contributed by atoms with Gasteiger partial charge < -0.3 is 10.4 Å². The van der Waals surface area contributed by atoms with Gasteiger partial charge in [0.05, 0.1) is 12.4 Å². The highest BCUT2D eigenvalue weighted by Crippen LogP contribution is 2.25. The summed E-state index contributed by atoms with van der Waals surface area (Å²) in [6.45, 7) is 1.93. The molecule has 0 unspecified atom stereocenters. The van der Waals surface area contributed by atoms with E-state index in [0.29, 0.717) is 17.3 Å². The van der Waals surface area contributed by atoms with E-state index in [1.54, 1.807) is 24.3 Å². The predicted molar refractivity (Wildman–Crippen MR) is 75.5 cm³/mol. The van der Waals surface area contributed by atoms with Crippen LogP contribution in [-0.4, -0.2) is 31.9 Å². The zero-order chi connectivity index (χ0) is 14.0. The van der Waals surface area contributed by atoms with E-state index in [4.69, 9.17) is 0 Å². The summed E-state index contributed by atoms with van der Waals surface area (Å²) in [5, 5.41) is 13.6. The van der Waals surface area contributed by atoms with Crippen molar-refractivity contribution in [2.75, 3.05) is 11.0 Å². The minimum absolute atomic E-state index is 0.0546. The molecule has 5 nitrogen and oxygen atoms in total. The lowest BCUT2D eigenvalue weighted by Gasteiger charge is -2.21. The Kier molecular flexibility index (Phi) is 4.13. The lowest BCUT2D eigenvalue weighted by molar-refractivity contribution is 0.135. The number of hydrogen-bond donors (Lipinski definition) is 3. The lowest BCUT2D eigenvalue weighted by Crippen LogP contribution is -2.33. The maximum Gasteiger partial charge on any atom is 0.229 e. The number of anilines is 1. The van der Waals surface area contributed by atoms with Crippen molar-refractivity contribution in [2.45, 2.75) is 38.0 Å². The van der Waals surface area contributed by atoms with Crippen LogP contribution in [0.15, 0.2) is 24.3 Å². The first-order valence-electron chi connectivity index (χ1n) is 6.37. The zero-order valence-corrected chi connectivity index (χ0v) is 11.9. The number of hydrogen-bond acceptors (Lipinski definition) is 4. The second kappa shape index (κ2) is 5.48. The average molecular weight is 284 g/mol. The van der Waals surface area contributed by atoms with Gasteiger partial charge in [0.2, 0.25) is 10.0 Å². The van der Waals surface area contributed by atoms with Crippen molar-refractivity contribution in [3.63, 3.8) is 0 Å². The zero-order valence-electron chi connectivity index (χ0n) is 11.1. The first-order chi connectivity index (χ1) is 8.85. The van der Waals surface area contributed by atoms with Crippen molar-refractivity contribution in [3.8, 4) is 0 Å². The molecular formula is C13H20N2O3S. The van der Waals surface area contributed by atoms with Crippen molar-refractivity contribution in [3.05, 3.63) is 29.8 Å². The number of benzene rings is 1. The second-order valence-electron chi connectivity index (χ2n) is 5.17. The molecule has 1 aliphatic carbocycles. The van der Waals surface area contributed by atoms with Crippen molar-refractivity contribution in [1.82, 2.24) is 5.32 Å². The van der Waals surface area contributed by atoms with E-state index >= 15 is 0 Å². The number of aliphatic hydroxyl groups excluding tert-OH is 1. The molecule has 1 aromatic rings. The highest BCUT2D eigenvalue weighted by molar-refractivity contribution is 7.92. The van der Waals surface area contributed by atoms with Gasteiger partial charge in [0.15, 0.2) is 0 Å². The molecule has 0 spiro atoms. The van der Waals surface area contributed by atoms with Crippen molar-refractivity contribution in [2.24, 2.45) is 0 Å². The molecular weight excluding hydrogens is 264 g/mol. The van der Waals surface area contributed by atoms with E-state index < -0.39 is 16.1 Å². The maximum absolute atomic E-state index is 11.2. The van der Waals surface area contributed by atoms with Crippen LogP contribution in [0.5, 0.6) is 0 Å². The van der Waals surface area contributed by atoms with Gasteiger partial charge in [0.25, 0.3) is 0 Å². The highest BCUT2D eigenvalue weighted by atomic mass is 32.2. The van der Waals surface area contributed by atoms with Gasteiger partial charge in [-0.05, 0) is 37.5 Å². The second-order valence-corrected chi connectivity index (χ2v) is 6.92. The molecule has 3 N–H and O–H groups in total. The smallest absolute Gasteiger partial charge is 0.229 e. The van der Waals surface area contributed by atoms with Crippen molar-refractivity contribution in [1.29, 1.82) is 0 Å². The summed E-state index contributed by atoms with van der Waals surface area (Å²) in [6.07, 6.45) is 2.77. The van der Waals surface area contributed by atoms with Crippen LogP contribution in [-0.2, 0) is 10.0 Å². The van der Waals surface area contributed by atoms with E-state index in [9.17, 15) is 13.5 Å². The first-order valence-corrected chi connectivity index (χ1v) is 8.26. The summed E-state index contributed by atoms with van der Waals surface area (Å²) in [5.74, 6) is 0. The van der Waals surface area contributed by atoms with Crippen LogP contribution in [0.2, 0.25) is 0 Å². The van der Waals surface area contributed by atoms with Crippen LogP contribution >= 0.6 is 0 Å². The molecule has 0 aliphatic heterocycles. The van der Waals surface area contributed by atoms with Gasteiger partial charge in [-0.25, -0.2) is 8.42 Å². The summed E-state index contributed by atoms with van der Waals surface area (Å²) in [4.78, 5) is 0. The Morgan fingerprint density at radius 3 is 2.63 bits per heavy atom. The van der Waals surface area contributed by atoms with Crippen LogP contribution < -0.4 is 10.0 Å². The predicted octanol–water partition coefficient (Wildman–Crippen LogP) is 1.23. The molecule has 1 aliphatic rings. The fraction of sp³-hybridized carbons (Fsp3) is 0.538. The third kappa shape index (κ3) is 4.49. The fourth-order valence-electron chi connectivity index (χ4n) is 2.00. The lowest BCUT2D eigenvalue weighted by atomic mass is 10.0. The number of aliphatic hydroxyl groups is 1. The minimum atomic E-state index is -3.30. The summed E-state index contributed by atoms with van der Waals surface area (Å²) in [5.41, 5.74) is 1.17. The Morgan fingerprint density at radius 1 is 1.37 bits per heavy atom. The first kappa shape index (κ1) is 14.3. The highest BCUT2D eigenvalue weighted by Gasteiger charge is 2.26. The van der Waals surface area contributed by atoms with Crippen LogP contribution in [0.1, 0.15) is 31.4 Å². The topological polar surface area (TPSA) is 78.4 Å². The standard InChI is InChI=1S/C13H20N2O3S/c1-9(14-11-6-7-11)13(16)10-4-3-5-12(8-10)15-19(2,17)18/h3-5,8-9,11,13-16H,6-7H2,1-2H3/t9-,13-/m1/s1. The normalized spacial score (nSPS) is 18.9. The van der Waals surface area contributed by atoms with E-state index in [0.717, 1.165) is 19.1 Å². The van der Waals surface area contributed by atoms with E-state index in [-0.39, 0.29) is 6.04 Å². The van der Waals surface area contributed by atoms with E-state index in [1.165, 1.54) is 0 Å².